The maximum Gasteiger partial charge on any atom is 0.306 e. The molecule has 4 N–H and O–H groups in total. The molecule has 2 amide bonds. The van der Waals surface area contributed by atoms with Crippen molar-refractivity contribution < 1.29 is 29.0 Å². The number of carbonyl (C=O) groups excluding carboxylic acids is 2. The molecule has 2 aliphatic carbocycles. The average Bonchev–Trinajstić information content (AvgIpc) is 3.46. The molecule has 0 saturated heterocycles. The van der Waals surface area contributed by atoms with Gasteiger partial charge in [-0.05, 0) is 68.1 Å². The number of hydrogen-bond donors (Lipinski definition) is 4. The summed E-state index contributed by atoms with van der Waals surface area (Å²) in [5.74, 6) is -2.26. The molecule has 194 valence electrons. The van der Waals surface area contributed by atoms with Gasteiger partial charge in [0, 0.05) is 18.7 Å². The number of nitrogens with one attached hydrogen (secondary N) is 2. The minimum absolute atomic E-state index is 0.0262. The number of hydrogen-bond acceptors (Lipinski definition) is 6. The third-order valence-electron chi connectivity index (χ3n) is 7.67. The minimum Gasteiger partial charge on any atom is -0.503 e. The van der Waals surface area contributed by atoms with Gasteiger partial charge in [0.15, 0.2) is 11.4 Å². The summed E-state index contributed by atoms with van der Waals surface area (Å²) in [4.78, 5) is 41.8. The van der Waals surface area contributed by atoms with Crippen molar-refractivity contribution in [1.29, 1.82) is 0 Å². The van der Waals surface area contributed by atoms with E-state index in [1.807, 2.05) is 0 Å². The van der Waals surface area contributed by atoms with Crippen LogP contribution >= 0.6 is 0 Å². The zero-order valence-electron chi connectivity index (χ0n) is 20.3. The fourth-order valence-corrected chi connectivity index (χ4v) is 5.72. The molecule has 37 heavy (non-hydrogen) atoms. The van der Waals surface area contributed by atoms with Crippen LogP contribution in [0.5, 0.6) is 5.75 Å². The molecular formula is C26H28FN5O5. The van der Waals surface area contributed by atoms with Crippen molar-refractivity contribution in [1.82, 2.24) is 25.2 Å². The number of fused-ring (bicyclic) bond motifs is 2. The first-order valence-electron chi connectivity index (χ1n) is 12.4. The van der Waals surface area contributed by atoms with E-state index in [1.54, 1.807) is 19.1 Å². The van der Waals surface area contributed by atoms with Crippen molar-refractivity contribution in [2.75, 3.05) is 0 Å². The topological polar surface area (TPSA) is 146 Å². The SMILES string of the molecule is Cc1cc(CNC(=O)c2cc(C(=O)N[C@H]3CCC4CC(C(=O)O)CCC43)n3ncc(O)c3n2)ccc1F. The number of aliphatic carboxylic acids is 1. The van der Waals surface area contributed by atoms with E-state index >= 15 is 0 Å². The van der Waals surface area contributed by atoms with E-state index in [2.05, 4.69) is 20.7 Å². The van der Waals surface area contributed by atoms with Gasteiger partial charge < -0.3 is 20.8 Å². The number of nitrogens with zero attached hydrogens (tertiary/aromatic N) is 3. The number of aromatic hydroxyl groups is 1. The first-order chi connectivity index (χ1) is 17.7. The normalized spacial score (nSPS) is 23.0. The predicted molar refractivity (Wildman–Crippen MR) is 129 cm³/mol. The monoisotopic (exact) mass is 509 g/mol. The van der Waals surface area contributed by atoms with Crippen molar-refractivity contribution in [2.45, 2.75) is 51.6 Å². The van der Waals surface area contributed by atoms with Crippen molar-refractivity contribution >= 4 is 23.4 Å². The summed E-state index contributed by atoms with van der Waals surface area (Å²) >= 11 is 0. The third-order valence-corrected chi connectivity index (χ3v) is 7.67. The Bertz CT molecular complexity index is 1390. The van der Waals surface area contributed by atoms with E-state index in [9.17, 15) is 29.0 Å². The summed E-state index contributed by atoms with van der Waals surface area (Å²) in [6.45, 7) is 1.76. The van der Waals surface area contributed by atoms with Gasteiger partial charge >= 0.3 is 5.97 Å². The van der Waals surface area contributed by atoms with Crippen molar-refractivity contribution in [3.8, 4) is 5.75 Å². The Morgan fingerprint density at radius 2 is 1.95 bits per heavy atom. The highest BCUT2D eigenvalue weighted by molar-refractivity contribution is 5.98. The van der Waals surface area contributed by atoms with E-state index < -0.39 is 17.8 Å². The van der Waals surface area contributed by atoms with Crippen LogP contribution in [0.3, 0.4) is 0 Å². The minimum atomic E-state index is -0.760. The van der Waals surface area contributed by atoms with Gasteiger partial charge in [-0.1, -0.05) is 12.1 Å². The molecular weight excluding hydrogens is 481 g/mol. The van der Waals surface area contributed by atoms with Gasteiger partial charge in [-0.2, -0.15) is 5.10 Å². The number of aromatic nitrogens is 3. The maximum atomic E-state index is 13.5. The van der Waals surface area contributed by atoms with Crippen molar-refractivity contribution in [3.63, 3.8) is 0 Å². The first-order valence-corrected chi connectivity index (χ1v) is 12.4. The standard InChI is InChI=1S/C26H28FN5O5/c1-13-8-14(2-6-18(13)27)11-28-24(34)20-10-21(32-23(30-20)22(33)12-29-32)25(35)31-19-7-4-15-9-16(26(36)37)3-5-17(15)19/h2,6,8,10,12,15-17,19,33H,3-5,7,9,11H2,1H3,(H,28,34)(H,31,35)(H,36,37)/t15?,16?,17?,19-/m0/s1. The highest BCUT2D eigenvalue weighted by Gasteiger charge is 2.42. The number of carboxylic acid groups (broad SMARTS) is 1. The molecule has 1 aromatic carbocycles. The summed E-state index contributed by atoms with van der Waals surface area (Å²) in [5, 5.41) is 29.4. The lowest BCUT2D eigenvalue weighted by Gasteiger charge is -2.32. The van der Waals surface area contributed by atoms with E-state index in [1.165, 1.54) is 16.6 Å². The number of aryl methyl sites for hydroxylation is 1. The molecule has 2 aromatic heterocycles. The van der Waals surface area contributed by atoms with Crippen LogP contribution in [0, 0.1) is 30.5 Å². The molecule has 3 unspecified atom stereocenters. The van der Waals surface area contributed by atoms with Crippen molar-refractivity contribution in [2.24, 2.45) is 17.8 Å². The summed E-state index contributed by atoms with van der Waals surface area (Å²) in [6.07, 6.45) is 4.70. The summed E-state index contributed by atoms with van der Waals surface area (Å²) in [6, 6.07) is 5.74. The van der Waals surface area contributed by atoms with Crippen LogP contribution in [0.2, 0.25) is 0 Å². The van der Waals surface area contributed by atoms with Gasteiger partial charge in [0.1, 0.15) is 17.2 Å². The van der Waals surface area contributed by atoms with Gasteiger partial charge in [0.25, 0.3) is 11.8 Å². The molecule has 0 aliphatic heterocycles. The molecule has 5 rings (SSSR count). The van der Waals surface area contributed by atoms with E-state index in [4.69, 9.17) is 0 Å². The summed E-state index contributed by atoms with van der Waals surface area (Å²) in [7, 11) is 0. The molecule has 0 radical (unpaired) electrons. The molecule has 4 atom stereocenters. The number of carbonyl (C=O) groups is 3. The molecule has 2 heterocycles. The number of halogens is 1. The fourth-order valence-electron chi connectivity index (χ4n) is 5.72. The molecule has 2 saturated carbocycles. The van der Waals surface area contributed by atoms with Crippen LogP contribution in [-0.4, -0.2) is 48.6 Å². The van der Waals surface area contributed by atoms with Crippen LogP contribution < -0.4 is 10.6 Å². The van der Waals surface area contributed by atoms with Gasteiger partial charge in [-0.25, -0.2) is 13.9 Å². The van der Waals surface area contributed by atoms with Crippen LogP contribution in [0.15, 0.2) is 30.5 Å². The van der Waals surface area contributed by atoms with Crippen LogP contribution in [0.4, 0.5) is 4.39 Å². The van der Waals surface area contributed by atoms with Gasteiger partial charge in [-0.15, -0.1) is 0 Å². The Morgan fingerprint density at radius 1 is 1.14 bits per heavy atom. The highest BCUT2D eigenvalue weighted by atomic mass is 19.1. The maximum absolute atomic E-state index is 13.5. The number of amides is 2. The van der Waals surface area contributed by atoms with Crippen LogP contribution in [0.1, 0.15) is 64.2 Å². The van der Waals surface area contributed by atoms with Gasteiger partial charge in [0.2, 0.25) is 0 Å². The lowest BCUT2D eigenvalue weighted by molar-refractivity contribution is -0.143. The molecule has 2 fully saturated rings. The zero-order chi connectivity index (χ0) is 26.3. The second-order valence-corrected chi connectivity index (χ2v) is 9.99. The average molecular weight is 510 g/mol. The second kappa shape index (κ2) is 9.79. The molecule has 10 nitrogen and oxygen atoms in total. The highest BCUT2D eigenvalue weighted by Crippen LogP contribution is 2.44. The Kier molecular flexibility index (Phi) is 6.53. The Morgan fingerprint density at radius 3 is 2.70 bits per heavy atom. The fraction of sp³-hybridized carbons (Fsp3) is 0.423. The van der Waals surface area contributed by atoms with E-state index in [0.29, 0.717) is 24.0 Å². The van der Waals surface area contributed by atoms with Gasteiger partial charge in [0.05, 0.1) is 12.1 Å². The van der Waals surface area contributed by atoms with E-state index in [-0.39, 0.29) is 58.9 Å². The molecule has 0 spiro atoms. The summed E-state index contributed by atoms with van der Waals surface area (Å²) in [5.41, 5.74) is 1.11. The zero-order valence-corrected chi connectivity index (χ0v) is 20.3. The number of rotatable bonds is 6. The predicted octanol–water partition coefficient (Wildman–Crippen LogP) is 2.82. The smallest absolute Gasteiger partial charge is 0.306 e. The Balaban J connectivity index is 1.34. The lowest BCUT2D eigenvalue weighted by atomic mass is 9.75. The third kappa shape index (κ3) is 4.85. The van der Waals surface area contributed by atoms with Crippen LogP contribution in [-0.2, 0) is 11.3 Å². The number of benzene rings is 1. The van der Waals surface area contributed by atoms with Gasteiger partial charge in [-0.3, -0.25) is 14.4 Å². The molecule has 0 bridgehead atoms. The Hall–Kier alpha value is -4.02. The van der Waals surface area contributed by atoms with Crippen molar-refractivity contribution in [3.05, 3.63) is 58.8 Å². The first kappa shape index (κ1) is 24.7. The quantitative estimate of drug-likeness (QED) is 0.400. The largest absolute Gasteiger partial charge is 0.503 e. The molecule has 3 aromatic rings. The van der Waals surface area contributed by atoms with E-state index in [0.717, 1.165) is 25.5 Å². The Labute approximate surface area is 211 Å². The van der Waals surface area contributed by atoms with Crippen LogP contribution in [0.25, 0.3) is 5.65 Å². The summed E-state index contributed by atoms with van der Waals surface area (Å²) < 4.78 is 14.7. The second-order valence-electron chi connectivity index (χ2n) is 9.99. The molecule has 2 aliphatic rings. The number of carboxylic acids is 1. The molecule has 11 heteroatoms. The lowest BCUT2D eigenvalue weighted by Crippen LogP contribution is -2.41.